The zero-order valence-corrected chi connectivity index (χ0v) is 12.6. The minimum absolute atomic E-state index is 0.545. The molecule has 2 aromatic rings. The molecule has 0 bridgehead atoms. The van der Waals surface area contributed by atoms with Crippen molar-refractivity contribution in [1.82, 2.24) is 14.5 Å². The van der Waals surface area contributed by atoms with E-state index in [0.717, 1.165) is 30.7 Å². The van der Waals surface area contributed by atoms with Gasteiger partial charge in [-0.15, -0.1) is 0 Å². The maximum atomic E-state index is 9.06. The number of hydrogen-bond acceptors (Lipinski definition) is 4. The Balaban J connectivity index is 1.87. The van der Waals surface area contributed by atoms with Crippen LogP contribution in [0.15, 0.2) is 18.2 Å². The Labute approximate surface area is 125 Å². The van der Waals surface area contributed by atoms with Crippen LogP contribution in [0.2, 0.25) is 0 Å². The molecule has 0 aliphatic carbocycles. The number of fused-ring (bicyclic) bond motifs is 1. The summed E-state index contributed by atoms with van der Waals surface area (Å²) in [4.78, 5) is 6.90. The van der Waals surface area contributed by atoms with Crippen molar-refractivity contribution in [3.8, 4) is 6.07 Å². The number of nitrogens with zero attached hydrogens (tertiary/aromatic N) is 4. The van der Waals surface area contributed by atoms with Crippen LogP contribution in [-0.4, -0.2) is 33.6 Å². The molecule has 1 aromatic carbocycles. The van der Waals surface area contributed by atoms with E-state index in [2.05, 4.69) is 34.4 Å². The lowest BCUT2D eigenvalue weighted by atomic mass is 10.1. The van der Waals surface area contributed by atoms with Gasteiger partial charge in [-0.3, -0.25) is 0 Å². The standard InChI is InChI=1S/C16H21N5/c1-11(2)20-6-5-13(9-20)10-21-15-7-12(8-17)3-4-14(15)19-16(21)18/h3-4,7,11,13H,5-6,9-10H2,1-2H3,(H2,18,19). The van der Waals surface area contributed by atoms with E-state index in [1.807, 2.05) is 12.1 Å². The van der Waals surface area contributed by atoms with Crippen LogP contribution < -0.4 is 5.73 Å². The van der Waals surface area contributed by atoms with Crippen LogP contribution in [0, 0.1) is 17.2 Å². The maximum Gasteiger partial charge on any atom is 0.201 e. The third-order valence-corrected chi connectivity index (χ3v) is 4.40. The number of imidazole rings is 1. The van der Waals surface area contributed by atoms with Crippen LogP contribution in [0.4, 0.5) is 5.95 Å². The summed E-state index contributed by atoms with van der Waals surface area (Å²) in [6.07, 6.45) is 1.19. The Morgan fingerprint density at radius 1 is 1.48 bits per heavy atom. The van der Waals surface area contributed by atoms with Gasteiger partial charge in [-0.1, -0.05) is 0 Å². The molecule has 2 heterocycles. The molecule has 110 valence electrons. The van der Waals surface area contributed by atoms with Crippen LogP contribution in [0.5, 0.6) is 0 Å². The number of aromatic nitrogens is 2. The van der Waals surface area contributed by atoms with E-state index in [9.17, 15) is 0 Å². The molecule has 5 heteroatoms. The van der Waals surface area contributed by atoms with Crippen molar-refractivity contribution in [3.63, 3.8) is 0 Å². The first-order valence-corrected chi connectivity index (χ1v) is 7.48. The topological polar surface area (TPSA) is 70.9 Å². The van der Waals surface area contributed by atoms with Gasteiger partial charge in [-0.05, 0) is 50.9 Å². The zero-order chi connectivity index (χ0) is 15.0. The summed E-state index contributed by atoms with van der Waals surface area (Å²) in [5.74, 6) is 1.14. The highest BCUT2D eigenvalue weighted by Gasteiger charge is 2.25. The Bertz CT molecular complexity index is 694. The number of nitriles is 1. The lowest BCUT2D eigenvalue weighted by Crippen LogP contribution is -2.28. The van der Waals surface area contributed by atoms with E-state index in [1.165, 1.54) is 6.42 Å². The molecule has 1 aliphatic rings. The van der Waals surface area contributed by atoms with Gasteiger partial charge in [0.05, 0.1) is 22.7 Å². The summed E-state index contributed by atoms with van der Waals surface area (Å²) in [6, 6.07) is 8.32. The van der Waals surface area contributed by atoms with Crippen molar-refractivity contribution < 1.29 is 0 Å². The Morgan fingerprint density at radius 3 is 2.95 bits per heavy atom. The second kappa shape index (κ2) is 5.38. The van der Waals surface area contributed by atoms with Crippen LogP contribution in [0.1, 0.15) is 25.8 Å². The quantitative estimate of drug-likeness (QED) is 0.937. The average molecular weight is 283 g/mol. The minimum atomic E-state index is 0.545. The van der Waals surface area contributed by atoms with Crippen molar-refractivity contribution in [2.45, 2.75) is 32.9 Å². The number of rotatable bonds is 3. The highest BCUT2D eigenvalue weighted by molar-refractivity contribution is 5.79. The molecule has 3 rings (SSSR count). The summed E-state index contributed by atoms with van der Waals surface area (Å²) in [6.45, 7) is 7.61. The lowest BCUT2D eigenvalue weighted by Gasteiger charge is -2.20. The summed E-state index contributed by atoms with van der Waals surface area (Å²) >= 11 is 0. The first kappa shape index (κ1) is 13.9. The fourth-order valence-electron chi connectivity index (χ4n) is 3.14. The van der Waals surface area contributed by atoms with Crippen molar-refractivity contribution in [1.29, 1.82) is 5.26 Å². The zero-order valence-electron chi connectivity index (χ0n) is 12.6. The molecule has 1 aliphatic heterocycles. The molecule has 1 unspecified atom stereocenters. The largest absolute Gasteiger partial charge is 0.369 e. The second-order valence-corrected chi connectivity index (χ2v) is 6.14. The smallest absolute Gasteiger partial charge is 0.201 e. The number of nitrogens with two attached hydrogens (primary N) is 1. The highest BCUT2D eigenvalue weighted by atomic mass is 15.2. The van der Waals surface area contributed by atoms with Gasteiger partial charge < -0.3 is 15.2 Å². The molecule has 1 fully saturated rings. The molecule has 1 aromatic heterocycles. The van der Waals surface area contributed by atoms with Crippen LogP contribution in [0.3, 0.4) is 0 Å². The fourth-order valence-corrected chi connectivity index (χ4v) is 3.14. The predicted octanol–water partition coefficient (Wildman–Crippen LogP) is 2.22. The van der Waals surface area contributed by atoms with E-state index in [4.69, 9.17) is 11.0 Å². The molecular weight excluding hydrogens is 262 g/mol. The first-order valence-electron chi connectivity index (χ1n) is 7.48. The molecular formula is C16H21N5. The molecule has 0 amide bonds. The summed E-state index contributed by atoms with van der Waals surface area (Å²) < 4.78 is 2.06. The van der Waals surface area contributed by atoms with E-state index in [-0.39, 0.29) is 0 Å². The number of nitrogen functional groups attached to an aromatic ring is 1. The lowest BCUT2D eigenvalue weighted by molar-refractivity contribution is 0.261. The fraction of sp³-hybridized carbons (Fsp3) is 0.500. The van der Waals surface area contributed by atoms with E-state index < -0.39 is 0 Å². The molecule has 21 heavy (non-hydrogen) atoms. The van der Waals surface area contributed by atoms with Crippen molar-refractivity contribution >= 4 is 17.0 Å². The number of anilines is 1. The number of hydrogen-bond donors (Lipinski definition) is 1. The Kier molecular flexibility index (Phi) is 3.56. The first-order chi connectivity index (χ1) is 10.1. The summed E-state index contributed by atoms with van der Waals surface area (Å²) in [5, 5.41) is 9.06. The molecule has 5 nitrogen and oxygen atoms in total. The minimum Gasteiger partial charge on any atom is -0.369 e. The number of likely N-dealkylation sites (tertiary alicyclic amines) is 1. The van der Waals surface area contributed by atoms with Crippen LogP contribution in [0.25, 0.3) is 11.0 Å². The molecule has 0 spiro atoms. The highest BCUT2D eigenvalue weighted by Crippen LogP contribution is 2.25. The van der Waals surface area contributed by atoms with Gasteiger partial charge in [0.2, 0.25) is 5.95 Å². The van der Waals surface area contributed by atoms with Crippen molar-refractivity contribution in [2.75, 3.05) is 18.8 Å². The van der Waals surface area contributed by atoms with Gasteiger partial charge in [0.15, 0.2) is 0 Å². The van der Waals surface area contributed by atoms with Gasteiger partial charge in [0.25, 0.3) is 0 Å². The number of benzene rings is 1. The van der Waals surface area contributed by atoms with Crippen molar-refractivity contribution in [3.05, 3.63) is 23.8 Å². The van der Waals surface area contributed by atoms with E-state index in [0.29, 0.717) is 23.5 Å². The second-order valence-electron chi connectivity index (χ2n) is 6.14. The molecule has 1 saturated heterocycles. The third-order valence-electron chi connectivity index (χ3n) is 4.40. The van der Waals surface area contributed by atoms with Gasteiger partial charge in [0.1, 0.15) is 0 Å². The Hall–Kier alpha value is -2.06. The van der Waals surface area contributed by atoms with E-state index >= 15 is 0 Å². The third kappa shape index (κ3) is 2.59. The average Bonchev–Trinajstić information content (AvgIpc) is 3.05. The van der Waals surface area contributed by atoms with E-state index in [1.54, 1.807) is 6.07 Å². The SMILES string of the molecule is CC(C)N1CCC(Cn2c(N)nc3ccc(C#N)cc32)C1. The molecule has 0 saturated carbocycles. The van der Waals surface area contributed by atoms with Gasteiger partial charge in [-0.25, -0.2) is 4.98 Å². The maximum absolute atomic E-state index is 9.06. The van der Waals surface area contributed by atoms with Crippen LogP contribution >= 0.6 is 0 Å². The van der Waals surface area contributed by atoms with Gasteiger partial charge in [-0.2, -0.15) is 5.26 Å². The molecule has 2 N–H and O–H groups in total. The van der Waals surface area contributed by atoms with Gasteiger partial charge >= 0.3 is 0 Å². The van der Waals surface area contributed by atoms with Crippen LogP contribution in [-0.2, 0) is 6.54 Å². The monoisotopic (exact) mass is 283 g/mol. The summed E-state index contributed by atoms with van der Waals surface area (Å²) in [5.41, 5.74) is 8.56. The molecule has 0 radical (unpaired) electrons. The molecule has 1 atom stereocenters. The normalized spacial score (nSPS) is 19.4. The van der Waals surface area contributed by atoms with Gasteiger partial charge in [0, 0.05) is 19.1 Å². The Morgan fingerprint density at radius 2 is 2.29 bits per heavy atom. The van der Waals surface area contributed by atoms with Crippen molar-refractivity contribution in [2.24, 2.45) is 5.92 Å². The summed E-state index contributed by atoms with van der Waals surface area (Å²) in [7, 11) is 0. The predicted molar refractivity (Wildman–Crippen MR) is 83.7 cm³/mol.